The van der Waals surface area contributed by atoms with Crippen LogP contribution in [-0.4, -0.2) is 45.7 Å². The summed E-state index contributed by atoms with van der Waals surface area (Å²) in [5.74, 6) is -2.12. The zero-order valence-corrected chi connectivity index (χ0v) is 21.9. The van der Waals surface area contributed by atoms with Crippen molar-refractivity contribution in [1.29, 1.82) is 0 Å². The quantitative estimate of drug-likeness (QED) is 0.116. The number of phenolic OH excluding ortho intramolecular Hbond substituents is 1. The summed E-state index contributed by atoms with van der Waals surface area (Å²) in [4.78, 5) is 10.5. The fourth-order valence-electron chi connectivity index (χ4n) is 3.82. The maximum absolute atomic E-state index is 12.2. The number of amides is 1. The van der Waals surface area contributed by atoms with E-state index in [-0.39, 0.29) is 27.5 Å². The summed E-state index contributed by atoms with van der Waals surface area (Å²) in [5.41, 5.74) is -1.27. The zero-order chi connectivity index (χ0) is 28.7. The summed E-state index contributed by atoms with van der Waals surface area (Å²) >= 11 is -2.99. The molecule has 1 amide bonds. The van der Waals surface area contributed by atoms with Gasteiger partial charge in [0, 0.05) is 17.7 Å². The van der Waals surface area contributed by atoms with E-state index in [4.69, 9.17) is 4.18 Å². The van der Waals surface area contributed by atoms with E-state index in [1.54, 1.807) is 12.1 Å². The summed E-state index contributed by atoms with van der Waals surface area (Å²) in [6.07, 6.45) is 0. The molecule has 0 fully saturated rings. The van der Waals surface area contributed by atoms with Gasteiger partial charge in [0.1, 0.15) is 10.6 Å². The number of fused-ring (bicyclic) bond motifs is 2. The second-order valence-electron chi connectivity index (χ2n) is 7.91. The first kappa shape index (κ1) is 28.0. The van der Waals surface area contributed by atoms with E-state index >= 15 is 0 Å². The summed E-state index contributed by atoms with van der Waals surface area (Å²) in [6, 6.07) is 11.6. The van der Waals surface area contributed by atoms with Gasteiger partial charge in [-0.1, -0.05) is 30.3 Å². The minimum atomic E-state index is -4.84. The van der Waals surface area contributed by atoms with Crippen LogP contribution in [0.5, 0.6) is 11.5 Å². The Hall–Kier alpha value is -4.00. The fourth-order valence-corrected chi connectivity index (χ4v) is 5.48. The number of nitrogens with zero attached hydrogens (tertiary/aromatic N) is 2. The van der Waals surface area contributed by atoms with Crippen molar-refractivity contribution in [3.63, 3.8) is 0 Å². The topological polar surface area (TPSA) is 229 Å². The molecule has 0 aliphatic rings. The van der Waals surface area contributed by atoms with E-state index in [9.17, 15) is 44.6 Å². The predicted molar refractivity (Wildman–Crippen MR) is 139 cm³/mol. The van der Waals surface area contributed by atoms with Gasteiger partial charge in [-0.3, -0.25) is 18.5 Å². The van der Waals surface area contributed by atoms with Crippen molar-refractivity contribution in [1.82, 2.24) is 0 Å². The molecule has 4 rings (SSSR count). The molecular weight excluding hydrogens is 578 g/mol. The first-order valence-corrected chi connectivity index (χ1v) is 14.4. The molecule has 0 spiro atoms. The molecule has 0 saturated heterocycles. The van der Waals surface area contributed by atoms with Crippen LogP contribution in [0.3, 0.4) is 0 Å². The van der Waals surface area contributed by atoms with Gasteiger partial charge < -0.3 is 14.6 Å². The second-order valence-corrected chi connectivity index (χ2v) is 11.3. The number of azo groups is 1. The maximum Gasteiger partial charge on any atom is 0.357 e. The lowest BCUT2D eigenvalue weighted by Gasteiger charge is -2.14. The number of hydrogen-bond donors (Lipinski definition) is 5. The van der Waals surface area contributed by atoms with Gasteiger partial charge in [-0.2, -0.15) is 21.0 Å². The van der Waals surface area contributed by atoms with Crippen molar-refractivity contribution in [2.75, 3.05) is 5.32 Å². The largest absolute Gasteiger partial charge is 0.505 e. The summed E-state index contributed by atoms with van der Waals surface area (Å²) in [7, 11) is -9.64. The van der Waals surface area contributed by atoms with E-state index in [0.717, 1.165) is 25.1 Å². The van der Waals surface area contributed by atoms with Crippen molar-refractivity contribution in [3.8, 4) is 11.5 Å². The van der Waals surface area contributed by atoms with Crippen LogP contribution in [0.25, 0.3) is 21.5 Å². The van der Waals surface area contributed by atoms with Gasteiger partial charge in [0.15, 0.2) is 17.2 Å². The molecule has 0 aliphatic carbocycles. The van der Waals surface area contributed by atoms with Crippen molar-refractivity contribution >= 4 is 76.1 Å². The molecule has 1 atom stereocenters. The number of carbonyl (C=O) groups excluding carboxylic acids is 1. The molecule has 0 aliphatic heterocycles. The number of aromatic hydroxyl groups is 1. The smallest absolute Gasteiger partial charge is 0.357 e. The lowest BCUT2D eigenvalue weighted by atomic mass is 10.1. The Kier molecular flexibility index (Phi) is 7.39. The molecule has 1 unspecified atom stereocenters. The van der Waals surface area contributed by atoms with Gasteiger partial charge in [-0.15, -0.1) is 10.2 Å². The summed E-state index contributed by atoms with van der Waals surface area (Å²) < 4.78 is 92.8. The number of phenols is 1. The molecular formula is C22H17N3O11S3. The monoisotopic (exact) mass is 595 g/mol. The molecule has 0 aromatic heterocycles. The standard InChI is InChI=1S/C22H17N3O11S3/c1-11(26)23-17-10-14(38(30,31)32)8-13-9-18(36-37(28)29)20(21(27)19(13)17)25-24-16-7-6-12-4-2-3-5-15(12)22(16)39(33,34)35/h2-10,27H,1H3,(H,23,26)(H,28,29)(H,30,31,32)(H,33,34,35). The molecule has 39 heavy (non-hydrogen) atoms. The van der Waals surface area contributed by atoms with Crippen LogP contribution in [0.2, 0.25) is 0 Å². The lowest BCUT2D eigenvalue weighted by molar-refractivity contribution is -0.114. The Morgan fingerprint density at radius 3 is 2.26 bits per heavy atom. The Balaban J connectivity index is 2.03. The number of anilines is 1. The molecule has 0 bridgehead atoms. The minimum absolute atomic E-state index is 0.109. The Labute approximate surface area is 222 Å². The minimum Gasteiger partial charge on any atom is -0.505 e. The molecule has 17 heteroatoms. The number of carbonyl (C=O) groups is 1. The average Bonchev–Trinajstić information content (AvgIpc) is 2.81. The molecule has 0 radical (unpaired) electrons. The van der Waals surface area contributed by atoms with Crippen LogP contribution >= 0.6 is 0 Å². The number of hydrogen-bond acceptors (Lipinski definition) is 10. The van der Waals surface area contributed by atoms with Crippen LogP contribution in [0, 0.1) is 0 Å². The first-order valence-electron chi connectivity index (χ1n) is 10.5. The van der Waals surface area contributed by atoms with Crippen molar-refractivity contribution < 1.29 is 48.8 Å². The molecule has 14 nitrogen and oxygen atoms in total. The van der Waals surface area contributed by atoms with Crippen LogP contribution in [0.1, 0.15) is 6.92 Å². The molecule has 0 heterocycles. The summed E-state index contributed by atoms with van der Waals surface area (Å²) in [6.45, 7) is 1.09. The van der Waals surface area contributed by atoms with Gasteiger partial charge in [0.25, 0.3) is 20.2 Å². The van der Waals surface area contributed by atoms with Gasteiger partial charge in [0.05, 0.1) is 10.6 Å². The average molecular weight is 596 g/mol. The van der Waals surface area contributed by atoms with E-state index in [2.05, 4.69) is 15.5 Å². The van der Waals surface area contributed by atoms with Crippen molar-refractivity contribution in [2.24, 2.45) is 10.2 Å². The SMILES string of the molecule is CC(=O)Nc1cc(S(=O)(=O)O)cc2cc(OS(=O)O)c(N=Nc3ccc4ccccc4c3S(=O)(=O)O)c(O)c12. The highest BCUT2D eigenvalue weighted by Gasteiger charge is 2.24. The highest BCUT2D eigenvalue weighted by atomic mass is 32.2. The van der Waals surface area contributed by atoms with Gasteiger partial charge in [-0.05, 0) is 35.0 Å². The Bertz CT molecular complexity index is 1940. The molecule has 4 aromatic carbocycles. The number of rotatable bonds is 7. The Morgan fingerprint density at radius 1 is 0.949 bits per heavy atom. The highest BCUT2D eigenvalue weighted by molar-refractivity contribution is 7.86. The van der Waals surface area contributed by atoms with Gasteiger partial charge >= 0.3 is 11.4 Å². The number of nitrogens with one attached hydrogen (secondary N) is 1. The second kappa shape index (κ2) is 10.3. The van der Waals surface area contributed by atoms with E-state index in [1.807, 2.05) is 0 Å². The predicted octanol–water partition coefficient (Wildman–Crippen LogP) is 4.08. The normalized spacial score (nSPS) is 13.1. The lowest BCUT2D eigenvalue weighted by Crippen LogP contribution is -2.08. The van der Waals surface area contributed by atoms with Gasteiger partial charge in [-0.25, -0.2) is 0 Å². The van der Waals surface area contributed by atoms with Crippen LogP contribution < -0.4 is 9.50 Å². The third kappa shape index (κ3) is 5.87. The van der Waals surface area contributed by atoms with Crippen LogP contribution in [0.15, 0.2) is 74.6 Å². The molecule has 0 saturated carbocycles. The van der Waals surface area contributed by atoms with E-state index in [1.165, 1.54) is 24.3 Å². The zero-order valence-electron chi connectivity index (χ0n) is 19.5. The van der Waals surface area contributed by atoms with Crippen molar-refractivity contribution in [3.05, 3.63) is 54.6 Å². The third-order valence-electron chi connectivity index (χ3n) is 5.27. The van der Waals surface area contributed by atoms with E-state index in [0.29, 0.717) is 5.39 Å². The maximum atomic E-state index is 12.2. The highest BCUT2D eigenvalue weighted by Crippen LogP contribution is 2.47. The van der Waals surface area contributed by atoms with Crippen molar-refractivity contribution in [2.45, 2.75) is 16.7 Å². The first-order chi connectivity index (χ1) is 18.2. The molecule has 204 valence electrons. The Morgan fingerprint density at radius 2 is 1.64 bits per heavy atom. The number of benzene rings is 4. The van der Waals surface area contributed by atoms with Crippen LogP contribution in [0.4, 0.5) is 17.1 Å². The molecule has 4 aromatic rings. The van der Waals surface area contributed by atoms with Crippen LogP contribution in [-0.2, 0) is 36.4 Å². The fraction of sp³-hybridized carbons (Fsp3) is 0.0455. The van der Waals surface area contributed by atoms with E-state index < -0.39 is 64.5 Å². The molecule has 5 N–H and O–H groups in total. The summed E-state index contributed by atoms with van der Waals surface area (Å²) in [5, 5.41) is 21.1. The third-order valence-corrected chi connectivity index (χ3v) is 7.37. The van der Waals surface area contributed by atoms with Gasteiger partial charge in [0.2, 0.25) is 5.91 Å².